The molecule has 5 rings (SSSR count). The van der Waals surface area contributed by atoms with Crippen LogP contribution in [0, 0.1) is 12.7 Å². The predicted octanol–water partition coefficient (Wildman–Crippen LogP) is 3.83. The fourth-order valence-electron chi connectivity index (χ4n) is 6.56. The van der Waals surface area contributed by atoms with E-state index in [-0.39, 0.29) is 70.4 Å². The third-order valence-electron chi connectivity index (χ3n) is 9.66. The molecule has 1 fully saturated rings. The highest BCUT2D eigenvalue weighted by Crippen LogP contribution is 2.29. The number of hydrogen-bond donors (Lipinski definition) is 4. The van der Waals surface area contributed by atoms with E-state index in [0.29, 0.717) is 35.4 Å². The Bertz CT molecular complexity index is 2060. The zero-order valence-electron chi connectivity index (χ0n) is 32.7. The molecule has 13 nitrogen and oxygen atoms in total. The smallest absolute Gasteiger partial charge is 0.407 e. The Morgan fingerprint density at radius 3 is 2.41 bits per heavy atom. The number of hydrogen-bond acceptors (Lipinski definition) is 9. The number of aryl methyl sites for hydroxylation is 2. The number of alkyl halides is 3. The van der Waals surface area contributed by atoms with Crippen molar-refractivity contribution in [3.63, 3.8) is 0 Å². The van der Waals surface area contributed by atoms with Crippen LogP contribution in [0.5, 0.6) is 0 Å². The van der Waals surface area contributed by atoms with Crippen LogP contribution >= 0.6 is 0 Å². The summed E-state index contributed by atoms with van der Waals surface area (Å²) in [6.07, 6.45) is -0.884. The molecule has 4 N–H and O–H groups in total. The summed E-state index contributed by atoms with van der Waals surface area (Å²) >= 11 is 0. The Hall–Kier alpha value is -6.07. The first-order chi connectivity index (χ1) is 28.4. The maximum Gasteiger partial charge on any atom is 0.572 e. The van der Waals surface area contributed by atoms with Gasteiger partial charge in [0.1, 0.15) is 11.6 Å². The molecule has 1 unspecified atom stereocenters. The fraction of sp³-hybridized carbons (Fsp3) is 0.357. The van der Waals surface area contributed by atoms with E-state index >= 15 is 0 Å². The first kappa shape index (κ1) is 44.0. The third kappa shape index (κ3) is 12.7. The van der Waals surface area contributed by atoms with Crippen LogP contribution < -0.4 is 21.4 Å². The molecule has 1 atom stereocenters. The van der Waals surface area contributed by atoms with E-state index in [1.807, 2.05) is 50.2 Å². The average Bonchev–Trinajstić information content (AvgIpc) is 3.23. The summed E-state index contributed by atoms with van der Waals surface area (Å²) in [5.74, 6) is -2.67. The number of piperazine rings is 1. The van der Waals surface area contributed by atoms with Gasteiger partial charge in [0.05, 0.1) is 31.0 Å². The lowest BCUT2D eigenvalue weighted by molar-refractivity contribution is -0.307. The molecule has 59 heavy (non-hydrogen) atoms. The second kappa shape index (κ2) is 21.1. The summed E-state index contributed by atoms with van der Waals surface area (Å²) in [7, 11) is 0. The maximum absolute atomic E-state index is 15.0. The van der Waals surface area contributed by atoms with E-state index in [1.165, 1.54) is 29.3 Å². The molecular formula is C42H47F4N7O6. The highest BCUT2D eigenvalue weighted by Gasteiger charge is 2.38. The lowest BCUT2D eigenvalue weighted by Gasteiger charge is -2.35. The van der Waals surface area contributed by atoms with Crippen LogP contribution in [0.3, 0.4) is 0 Å². The van der Waals surface area contributed by atoms with Gasteiger partial charge in [0, 0.05) is 63.0 Å². The molecule has 0 radical (unpaired) electrons. The SMILES string of the molecule is CCc1cccc(C2=CNC(C(=O)NCCOCCNCC(=O)N3CCN(C(=O)c4cc(C/C(=N/NC=O)c5ccccc5C)ccc4F)CC3)C(OC(F)(F)F)=C2)c1. The van der Waals surface area contributed by atoms with Crippen LogP contribution in [-0.2, 0) is 36.7 Å². The van der Waals surface area contributed by atoms with Gasteiger partial charge in [-0.1, -0.05) is 61.5 Å². The first-order valence-electron chi connectivity index (χ1n) is 19.1. The summed E-state index contributed by atoms with van der Waals surface area (Å²) in [5.41, 5.74) is 7.26. The molecule has 0 aromatic heterocycles. The van der Waals surface area contributed by atoms with Crippen molar-refractivity contribution in [1.29, 1.82) is 0 Å². The molecule has 0 aliphatic carbocycles. The predicted molar refractivity (Wildman–Crippen MR) is 212 cm³/mol. The Morgan fingerprint density at radius 2 is 1.68 bits per heavy atom. The van der Waals surface area contributed by atoms with Crippen LogP contribution in [0.2, 0.25) is 0 Å². The molecule has 4 amide bonds. The minimum atomic E-state index is -5.00. The van der Waals surface area contributed by atoms with E-state index in [1.54, 1.807) is 23.1 Å². The van der Waals surface area contributed by atoms with Gasteiger partial charge in [0.15, 0.2) is 6.04 Å². The van der Waals surface area contributed by atoms with Crippen molar-refractivity contribution in [1.82, 2.24) is 31.2 Å². The zero-order valence-corrected chi connectivity index (χ0v) is 32.7. The number of hydrazone groups is 1. The summed E-state index contributed by atoms with van der Waals surface area (Å²) in [4.78, 5) is 53.1. The number of nitrogens with one attached hydrogen (secondary N) is 4. The zero-order chi connectivity index (χ0) is 42.4. The molecule has 2 heterocycles. The topological polar surface area (TPSA) is 154 Å². The number of amides is 4. The van der Waals surface area contributed by atoms with Gasteiger partial charge in [-0.25, -0.2) is 9.82 Å². The molecule has 2 aliphatic heterocycles. The Morgan fingerprint density at radius 1 is 0.932 bits per heavy atom. The largest absolute Gasteiger partial charge is 0.572 e. The summed E-state index contributed by atoms with van der Waals surface area (Å²) < 4.78 is 64.4. The molecule has 17 heteroatoms. The molecule has 0 saturated carbocycles. The molecule has 314 valence electrons. The Kier molecular flexibility index (Phi) is 15.7. The number of ether oxygens (including phenoxy) is 2. The van der Waals surface area contributed by atoms with Gasteiger partial charge in [-0.15, -0.1) is 13.2 Å². The summed E-state index contributed by atoms with van der Waals surface area (Å²) in [6.45, 7) is 5.40. The van der Waals surface area contributed by atoms with Gasteiger partial charge < -0.3 is 35.2 Å². The monoisotopic (exact) mass is 821 g/mol. The standard InChI is InChI=1S/C42H47F4N7O6/c1-3-29-8-6-9-31(21-29)32-24-37(59-42(44,45)46)39(49-25-32)40(56)48-14-20-58-19-13-47-26-38(55)52-15-17-53(18-16-52)41(57)34-22-30(11-12-35(34)43)23-36(51-50-27-54)33-10-5-4-7-28(33)2/h4-12,21-22,24-25,27,39,47,49H,3,13-20,23,26H2,1-2H3,(H,48,56)(H,50,54)/b51-36-. The van der Waals surface area contributed by atoms with Crippen molar-refractivity contribution in [3.05, 3.63) is 124 Å². The second-order valence-corrected chi connectivity index (χ2v) is 13.7. The summed E-state index contributed by atoms with van der Waals surface area (Å²) in [5, 5.41) is 12.4. The van der Waals surface area contributed by atoms with E-state index in [9.17, 15) is 36.7 Å². The number of carbonyl (C=O) groups excluding carboxylic acids is 4. The van der Waals surface area contributed by atoms with Gasteiger partial charge in [0.2, 0.25) is 18.2 Å². The van der Waals surface area contributed by atoms with Crippen LogP contribution in [-0.4, -0.2) is 111 Å². The minimum Gasteiger partial charge on any atom is -0.407 e. The quantitative estimate of drug-likeness (QED) is 0.0497. The molecule has 1 saturated heterocycles. The average molecular weight is 822 g/mol. The second-order valence-electron chi connectivity index (χ2n) is 13.7. The number of halogens is 4. The molecule has 3 aromatic rings. The Labute approximate surface area is 339 Å². The van der Waals surface area contributed by atoms with Crippen LogP contribution in [0.15, 0.2) is 89.9 Å². The van der Waals surface area contributed by atoms with Crippen molar-refractivity contribution in [2.24, 2.45) is 5.10 Å². The van der Waals surface area contributed by atoms with Gasteiger partial charge in [0.25, 0.3) is 5.91 Å². The van der Waals surface area contributed by atoms with Crippen molar-refractivity contribution >= 4 is 35.4 Å². The molecule has 2 aliphatic rings. The number of dihydropyridines is 1. The van der Waals surface area contributed by atoms with Gasteiger partial charge in [-0.3, -0.25) is 19.2 Å². The lowest BCUT2D eigenvalue weighted by Crippen LogP contribution is -2.52. The Balaban J connectivity index is 1.01. The summed E-state index contributed by atoms with van der Waals surface area (Å²) in [6, 6.07) is 17.7. The highest BCUT2D eigenvalue weighted by molar-refractivity contribution is 6.03. The van der Waals surface area contributed by atoms with Gasteiger partial charge in [-0.2, -0.15) is 5.10 Å². The van der Waals surface area contributed by atoms with Gasteiger partial charge >= 0.3 is 6.36 Å². The maximum atomic E-state index is 15.0. The van der Waals surface area contributed by atoms with E-state index < -0.39 is 35.8 Å². The van der Waals surface area contributed by atoms with Gasteiger partial charge in [-0.05, 0) is 53.8 Å². The van der Waals surface area contributed by atoms with Crippen molar-refractivity contribution in [2.75, 3.05) is 59.0 Å². The minimum absolute atomic E-state index is 0.00830. The highest BCUT2D eigenvalue weighted by atomic mass is 19.4. The van der Waals surface area contributed by atoms with Crippen LogP contribution in [0.25, 0.3) is 5.57 Å². The van der Waals surface area contributed by atoms with Crippen molar-refractivity contribution in [3.8, 4) is 0 Å². The molecule has 0 spiro atoms. The van der Waals surface area contributed by atoms with E-state index in [4.69, 9.17) is 4.74 Å². The van der Waals surface area contributed by atoms with Crippen LogP contribution in [0.1, 0.15) is 45.1 Å². The molecule has 0 bridgehead atoms. The fourth-order valence-corrected chi connectivity index (χ4v) is 6.56. The molecular weight excluding hydrogens is 774 g/mol. The number of rotatable bonds is 18. The van der Waals surface area contributed by atoms with Crippen molar-refractivity contribution < 1.29 is 46.2 Å². The van der Waals surface area contributed by atoms with E-state index in [2.05, 4.69) is 31.2 Å². The normalized spacial score (nSPS) is 15.8. The third-order valence-corrected chi connectivity index (χ3v) is 9.66. The van der Waals surface area contributed by atoms with Crippen molar-refractivity contribution in [2.45, 2.75) is 39.1 Å². The number of benzene rings is 3. The van der Waals surface area contributed by atoms with Crippen LogP contribution in [0.4, 0.5) is 17.6 Å². The number of allylic oxidation sites excluding steroid dienone is 2. The number of nitrogens with zero attached hydrogens (tertiary/aromatic N) is 3. The number of carbonyl (C=O) groups is 4. The van der Waals surface area contributed by atoms with E-state index in [0.717, 1.165) is 23.1 Å². The first-order valence-corrected chi connectivity index (χ1v) is 19.1. The lowest BCUT2D eigenvalue weighted by atomic mass is 9.97. The molecule has 3 aromatic carbocycles.